The maximum absolute atomic E-state index is 12.2. The third-order valence-electron chi connectivity index (χ3n) is 3.95. The number of ether oxygens (including phenoxy) is 1. The average Bonchev–Trinajstić information content (AvgIpc) is 2.77. The van der Waals surface area contributed by atoms with Crippen molar-refractivity contribution in [2.24, 2.45) is 5.10 Å². The molecule has 2 N–H and O–H groups in total. The van der Waals surface area contributed by atoms with Crippen molar-refractivity contribution in [3.63, 3.8) is 0 Å². The van der Waals surface area contributed by atoms with Gasteiger partial charge in [-0.3, -0.25) is 9.59 Å². The van der Waals surface area contributed by atoms with Crippen molar-refractivity contribution in [3.05, 3.63) is 92.4 Å². The second-order valence-electron chi connectivity index (χ2n) is 6.22. The highest BCUT2D eigenvalue weighted by Crippen LogP contribution is 2.25. The lowest BCUT2D eigenvalue weighted by atomic mass is 10.2. The number of nitrogens with one attached hydrogen (secondary N) is 2. The smallest absolute Gasteiger partial charge is 0.344 e. The second kappa shape index (κ2) is 10.9. The molecule has 0 bridgehead atoms. The summed E-state index contributed by atoms with van der Waals surface area (Å²) in [5.41, 5.74) is 3.45. The molecule has 162 valence electrons. The quantitative estimate of drug-likeness (QED) is 0.157. The Kier molecular flexibility index (Phi) is 7.99. The molecule has 10 heteroatoms. The molecule has 0 aliphatic heterocycles. The van der Waals surface area contributed by atoms with Crippen molar-refractivity contribution in [2.45, 2.75) is 0 Å². The van der Waals surface area contributed by atoms with Crippen LogP contribution in [-0.2, 0) is 9.59 Å². The maximum atomic E-state index is 12.2. The zero-order valence-electron chi connectivity index (χ0n) is 16.1. The van der Waals surface area contributed by atoms with E-state index in [1.54, 1.807) is 48.5 Å². The topological polar surface area (TPSA) is 96.9 Å². The summed E-state index contributed by atoms with van der Waals surface area (Å²) in [6, 6.07) is 17.8. The number of nitrogens with zero attached hydrogens (tertiary/aromatic N) is 1. The highest BCUT2D eigenvalue weighted by Gasteiger charge is 2.14. The van der Waals surface area contributed by atoms with Crippen molar-refractivity contribution in [2.75, 3.05) is 5.32 Å². The summed E-state index contributed by atoms with van der Waals surface area (Å²) < 4.78 is 5.96. The molecule has 3 rings (SSSR count). The number of benzene rings is 3. The zero-order chi connectivity index (χ0) is 23.1. The molecule has 0 atom stereocenters. The summed E-state index contributed by atoms with van der Waals surface area (Å²) in [6.07, 6.45) is 1.34. The van der Waals surface area contributed by atoms with Crippen LogP contribution in [-0.4, -0.2) is 24.0 Å². The van der Waals surface area contributed by atoms with E-state index < -0.39 is 17.8 Å². The fourth-order valence-corrected chi connectivity index (χ4v) is 3.13. The monoisotopic (exact) mass is 533 g/mol. The SMILES string of the molecule is O=C(N/N=C/c1ccc(OC(=O)c2ccccc2Br)cc1)C(=O)Nc1ccc(Cl)c(Cl)c1. The van der Waals surface area contributed by atoms with E-state index in [0.717, 1.165) is 0 Å². The molecular weight excluding hydrogens is 521 g/mol. The molecule has 3 aromatic carbocycles. The van der Waals surface area contributed by atoms with Gasteiger partial charge in [-0.15, -0.1) is 0 Å². The van der Waals surface area contributed by atoms with Crippen LogP contribution in [0.4, 0.5) is 5.69 Å². The van der Waals surface area contributed by atoms with E-state index in [-0.39, 0.29) is 5.02 Å². The molecule has 7 nitrogen and oxygen atoms in total. The Balaban J connectivity index is 1.52. The number of rotatable bonds is 5. The van der Waals surface area contributed by atoms with Crippen molar-refractivity contribution >= 4 is 68.8 Å². The summed E-state index contributed by atoms with van der Waals surface area (Å²) in [5, 5.41) is 6.69. The molecule has 2 amide bonds. The van der Waals surface area contributed by atoms with Crippen molar-refractivity contribution in [3.8, 4) is 5.75 Å². The molecule has 0 saturated carbocycles. The molecule has 0 spiro atoms. The molecule has 0 heterocycles. The van der Waals surface area contributed by atoms with Crippen LogP contribution in [0.5, 0.6) is 5.75 Å². The van der Waals surface area contributed by atoms with E-state index in [1.165, 1.54) is 24.4 Å². The van der Waals surface area contributed by atoms with Crippen LogP contribution in [0.1, 0.15) is 15.9 Å². The molecule has 0 radical (unpaired) electrons. The predicted molar refractivity (Wildman–Crippen MR) is 126 cm³/mol. The number of esters is 1. The minimum absolute atomic E-state index is 0.244. The van der Waals surface area contributed by atoms with Crippen molar-refractivity contribution in [1.82, 2.24) is 5.43 Å². The Morgan fingerprint density at radius 3 is 2.31 bits per heavy atom. The fourth-order valence-electron chi connectivity index (χ4n) is 2.39. The van der Waals surface area contributed by atoms with Gasteiger partial charge in [-0.2, -0.15) is 5.10 Å². The summed E-state index contributed by atoms with van der Waals surface area (Å²) in [5.74, 6) is -2.05. The number of halogens is 3. The van der Waals surface area contributed by atoms with Crippen LogP contribution in [0.15, 0.2) is 76.3 Å². The molecule has 0 unspecified atom stereocenters. The number of carbonyl (C=O) groups excluding carboxylic acids is 3. The first-order valence-electron chi connectivity index (χ1n) is 8.99. The minimum Gasteiger partial charge on any atom is -0.423 e. The van der Waals surface area contributed by atoms with E-state index in [1.807, 2.05) is 0 Å². The van der Waals surface area contributed by atoms with E-state index in [9.17, 15) is 14.4 Å². The van der Waals surface area contributed by atoms with Gasteiger partial charge in [-0.1, -0.05) is 35.3 Å². The summed E-state index contributed by atoms with van der Waals surface area (Å²) >= 11 is 15.0. The van der Waals surface area contributed by atoms with Crippen LogP contribution in [0.25, 0.3) is 0 Å². The number of hydrazone groups is 1. The van der Waals surface area contributed by atoms with Crippen molar-refractivity contribution < 1.29 is 19.1 Å². The molecule has 0 saturated heterocycles. The van der Waals surface area contributed by atoms with Crippen LogP contribution < -0.4 is 15.5 Å². The molecule has 32 heavy (non-hydrogen) atoms. The number of hydrogen-bond acceptors (Lipinski definition) is 5. The van der Waals surface area contributed by atoms with E-state index >= 15 is 0 Å². The van der Waals surface area contributed by atoms with Crippen LogP contribution >= 0.6 is 39.1 Å². The van der Waals surface area contributed by atoms with Crippen molar-refractivity contribution in [1.29, 1.82) is 0 Å². The van der Waals surface area contributed by atoms with Gasteiger partial charge >= 0.3 is 17.8 Å². The van der Waals surface area contributed by atoms with Gasteiger partial charge in [0.2, 0.25) is 0 Å². The third-order valence-corrected chi connectivity index (χ3v) is 5.38. The van der Waals surface area contributed by atoms with Gasteiger partial charge in [0.1, 0.15) is 5.75 Å². The molecule has 0 fully saturated rings. The average molecular weight is 535 g/mol. The lowest BCUT2D eigenvalue weighted by Crippen LogP contribution is -2.32. The van der Waals surface area contributed by atoms with E-state index in [0.29, 0.717) is 32.1 Å². The molecule has 3 aromatic rings. The van der Waals surface area contributed by atoms with Gasteiger partial charge in [-0.05, 0) is 76.1 Å². The summed E-state index contributed by atoms with van der Waals surface area (Å²) in [4.78, 5) is 36.0. The molecule has 0 aliphatic carbocycles. The van der Waals surface area contributed by atoms with E-state index in [4.69, 9.17) is 27.9 Å². The van der Waals surface area contributed by atoms with Gasteiger partial charge in [0.05, 0.1) is 21.8 Å². The highest BCUT2D eigenvalue weighted by molar-refractivity contribution is 9.10. The van der Waals surface area contributed by atoms with Gasteiger partial charge in [0.25, 0.3) is 0 Å². The first-order chi connectivity index (χ1) is 15.3. The lowest BCUT2D eigenvalue weighted by Gasteiger charge is -2.06. The second-order valence-corrected chi connectivity index (χ2v) is 7.89. The van der Waals surface area contributed by atoms with Crippen LogP contribution in [0.2, 0.25) is 10.0 Å². The standard InChI is InChI=1S/C22H14BrCl2N3O4/c23-17-4-2-1-3-16(17)22(31)32-15-8-5-13(6-9-15)12-26-28-21(30)20(29)27-14-7-10-18(24)19(25)11-14/h1-12H,(H,27,29)(H,28,30)/b26-12+. The fraction of sp³-hybridized carbons (Fsp3) is 0. The van der Waals surface area contributed by atoms with Crippen LogP contribution in [0.3, 0.4) is 0 Å². The summed E-state index contributed by atoms with van der Waals surface area (Å²) in [7, 11) is 0. The van der Waals surface area contributed by atoms with Gasteiger partial charge in [0.15, 0.2) is 0 Å². The Morgan fingerprint density at radius 1 is 0.906 bits per heavy atom. The van der Waals surface area contributed by atoms with Gasteiger partial charge in [0, 0.05) is 10.2 Å². The Bertz CT molecular complexity index is 1200. The largest absolute Gasteiger partial charge is 0.423 e. The molecule has 0 aliphatic rings. The third kappa shape index (κ3) is 6.40. The minimum atomic E-state index is -0.966. The van der Waals surface area contributed by atoms with Crippen LogP contribution in [0, 0.1) is 0 Å². The molecule has 0 aromatic heterocycles. The lowest BCUT2D eigenvalue weighted by molar-refractivity contribution is -0.136. The Hall–Kier alpha value is -3.20. The highest BCUT2D eigenvalue weighted by atomic mass is 79.9. The molecular formula is C22H14BrCl2N3O4. The first-order valence-corrected chi connectivity index (χ1v) is 10.5. The first kappa shape index (κ1) is 23.5. The Morgan fingerprint density at radius 2 is 1.62 bits per heavy atom. The number of amides is 2. The number of anilines is 1. The predicted octanol–water partition coefficient (Wildman–Crippen LogP) is 5.06. The number of hydrogen-bond donors (Lipinski definition) is 2. The van der Waals surface area contributed by atoms with Gasteiger partial charge in [-0.25, -0.2) is 10.2 Å². The normalized spacial score (nSPS) is 10.6. The summed E-state index contributed by atoms with van der Waals surface area (Å²) in [6.45, 7) is 0. The number of carbonyl (C=O) groups is 3. The maximum Gasteiger partial charge on any atom is 0.344 e. The Labute approximate surface area is 201 Å². The van der Waals surface area contributed by atoms with Gasteiger partial charge < -0.3 is 10.1 Å². The zero-order valence-corrected chi connectivity index (χ0v) is 19.2. The van der Waals surface area contributed by atoms with E-state index in [2.05, 4.69) is 31.8 Å².